The minimum absolute atomic E-state index is 0.715. The normalized spacial score (nSPS) is 12.5. The summed E-state index contributed by atoms with van der Waals surface area (Å²) in [5.74, 6) is 1.90. The average molecular weight is 702 g/mol. The summed E-state index contributed by atoms with van der Waals surface area (Å²) in [7, 11) is 0. The maximum absolute atomic E-state index is 5.58. The number of hydrogen-bond acceptors (Lipinski definition) is 2. The van der Waals surface area contributed by atoms with Gasteiger partial charge in [-0.05, 0) is 113 Å². The third-order valence-electron chi connectivity index (χ3n) is 11.2. The second-order valence-electron chi connectivity index (χ2n) is 14.3. The number of fused-ring (bicyclic) bond motifs is 7. The fraction of sp³-hybridized carbons (Fsp3) is 0.0192. The Morgan fingerprint density at radius 2 is 0.891 bits per heavy atom. The molecule has 1 aromatic heterocycles. The Balaban J connectivity index is 1.24. The van der Waals surface area contributed by atoms with Crippen LogP contribution in [0.3, 0.4) is 0 Å². The van der Waals surface area contributed by atoms with Gasteiger partial charge < -0.3 is 5.32 Å². The molecule has 1 aliphatic heterocycles. The molecule has 0 atom stereocenters. The largest absolute Gasteiger partial charge is 0.366 e. The predicted octanol–water partition coefficient (Wildman–Crippen LogP) is 13.3. The van der Waals surface area contributed by atoms with E-state index in [1.165, 1.54) is 54.2 Å². The van der Waals surface area contributed by atoms with Crippen LogP contribution in [0, 0.1) is 0 Å². The van der Waals surface area contributed by atoms with Gasteiger partial charge in [0.05, 0.1) is 0 Å². The fourth-order valence-corrected chi connectivity index (χ4v) is 8.67. The molecule has 0 saturated heterocycles. The van der Waals surface area contributed by atoms with Gasteiger partial charge in [0, 0.05) is 23.4 Å². The Labute approximate surface area is 319 Å². The second-order valence-corrected chi connectivity index (χ2v) is 14.3. The molecule has 0 spiro atoms. The monoisotopic (exact) mass is 701 g/mol. The molecule has 0 saturated carbocycles. The zero-order valence-corrected chi connectivity index (χ0v) is 30.1. The molecule has 0 fully saturated rings. The molecule has 0 unspecified atom stereocenters. The highest BCUT2D eigenvalue weighted by Crippen LogP contribution is 2.44. The van der Waals surface area contributed by atoms with E-state index in [1.54, 1.807) is 0 Å². The highest BCUT2D eigenvalue weighted by Gasteiger charge is 2.26. The van der Waals surface area contributed by atoms with Crippen LogP contribution in [-0.4, -0.2) is 16.1 Å². The second kappa shape index (κ2) is 12.7. The van der Waals surface area contributed by atoms with E-state index < -0.39 is 0 Å². The van der Waals surface area contributed by atoms with Crippen molar-refractivity contribution in [2.24, 2.45) is 0 Å². The van der Waals surface area contributed by atoms with Gasteiger partial charge in [-0.2, -0.15) is 0 Å². The van der Waals surface area contributed by atoms with Crippen molar-refractivity contribution >= 4 is 54.5 Å². The van der Waals surface area contributed by atoms with Gasteiger partial charge in [-0.1, -0.05) is 152 Å². The maximum atomic E-state index is 5.58. The molecule has 258 valence electrons. The highest BCUT2D eigenvalue weighted by molar-refractivity contribution is 6.16. The summed E-state index contributed by atoms with van der Waals surface area (Å²) in [5.41, 5.74) is 10.1. The molecule has 11 rings (SSSR count). The van der Waals surface area contributed by atoms with Crippen molar-refractivity contribution in [2.45, 2.75) is 0 Å². The van der Waals surface area contributed by atoms with Crippen molar-refractivity contribution in [1.29, 1.82) is 0 Å². The molecule has 1 aliphatic rings. The van der Waals surface area contributed by atoms with Crippen LogP contribution in [0.5, 0.6) is 0 Å². The highest BCUT2D eigenvalue weighted by atomic mass is 15.2. The Kier molecular flexibility index (Phi) is 7.24. The summed E-state index contributed by atoms with van der Waals surface area (Å²) in [6.07, 6.45) is 2.26. The van der Waals surface area contributed by atoms with Crippen LogP contribution in [-0.2, 0) is 0 Å². The molecule has 0 radical (unpaired) electrons. The van der Waals surface area contributed by atoms with Crippen LogP contribution in [0.15, 0.2) is 194 Å². The molecular formula is C52H35N3. The van der Waals surface area contributed by atoms with Crippen LogP contribution in [0.25, 0.3) is 88.0 Å². The molecule has 3 nitrogen and oxygen atoms in total. The van der Waals surface area contributed by atoms with Crippen LogP contribution in [0.4, 0.5) is 5.82 Å². The molecular weight excluding hydrogens is 667 g/mol. The van der Waals surface area contributed by atoms with Crippen molar-refractivity contribution in [1.82, 2.24) is 9.55 Å². The number of aromatic nitrogens is 2. The minimum Gasteiger partial charge on any atom is -0.366 e. The Morgan fingerprint density at radius 3 is 1.47 bits per heavy atom. The van der Waals surface area contributed by atoms with E-state index in [1.807, 2.05) is 0 Å². The molecule has 10 aromatic rings. The quantitative estimate of drug-likeness (QED) is 0.181. The van der Waals surface area contributed by atoms with E-state index in [0.717, 1.165) is 50.9 Å². The van der Waals surface area contributed by atoms with Crippen molar-refractivity contribution < 1.29 is 0 Å². The first-order valence-electron chi connectivity index (χ1n) is 18.9. The Morgan fingerprint density at radius 1 is 0.418 bits per heavy atom. The summed E-state index contributed by atoms with van der Waals surface area (Å²) in [4.78, 5) is 5.58. The molecule has 0 aliphatic carbocycles. The van der Waals surface area contributed by atoms with Crippen molar-refractivity contribution in [2.75, 3.05) is 11.9 Å². The lowest BCUT2D eigenvalue weighted by Crippen LogP contribution is -2.12. The van der Waals surface area contributed by atoms with Crippen LogP contribution < -0.4 is 5.32 Å². The van der Waals surface area contributed by atoms with Gasteiger partial charge >= 0.3 is 0 Å². The zero-order valence-electron chi connectivity index (χ0n) is 30.1. The SMILES string of the molecule is C1=C(c2ccccc2)c2nc(-c3cc(-c4cc5ccccc5c5ccccc45)cc(-c4cc5ccccc5c5ccccc45)c3)n(-c3ccccc3)c2NC1. The van der Waals surface area contributed by atoms with Gasteiger partial charge in [0.15, 0.2) is 0 Å². The number of nitrogens with zero attached hydrogens (tertiary/aromatic N) is 2. The topological polar surface area (TPSA) is 29.9 Å². The van der Waals surface area contributed by atoms with Crippen LogP contribution in [0.2, 0.25) is 0 Å². The van der Waals surface area contributed by atoms with Crippen LogP contribution in [0.1, 0.15) is 11.3 Å². The van der Waals surface area contributed by atoms with Gasteiger partial charge in [0.25, 0.3) is 0 Å². The van der Waals surface area contributed by atoms with E-state index in [-0.39, 0.29) is 0 Å². The molecule has 0 amide bonds. The first-order valence-corrected chi connectivity index (χ1v) is 18.9. The van der Waals surface area contributed by atoms with Crippen molar-refractivity contribution in [3.05, 3.63) is 205 Å². The van der Waals surface area contributed by atoms with E-state index in [2.05, 4.69) is 204 Å². The lowest BCUT2D eigenvalue weighted by Gasteiger charge is -2.19. The van der Waals surface area contributed by atoms with E-state index in [9.17, 15) is 0 Å². The van der Waals surface area contributed by atoms with E-state index in [0.29, 0.717) is 6.54 Å². The van der Waals surface area contributed by atoms with Crippen LogP contribution >= 0.6 is 0 Å². The third-order valence-corrected chi connectivity index (χ3v) is 11.2. The van der Waals surface area contributed by atoms with Gasteiger partial charge in [0.1, 0.15) is 17.3 Å². The predicted molar refractivity (Wildman–Crippen MR) is 232 cm³/mol. The Bertz CT molecular complexity index is 3000. The molecule has 2 heterocycles. The first kappa shape index (κ1) is 31.3. The molecule has 3 heteroatoms. The van der Waals surface area contributed by atoms with Gasteiger partial charge in [-0.25, -0.2) is 4.98 Å². The number of anilines is 1. The van der Waals surface area contributed by atoms with Gasteiger partial charge in [-0.3, -0.25) is 4.57 Å². The van der Waals surface area contributed by atoms with Crippen molar-refractivity contribution in [3.63, 3.8) is 0 Å². The number of benzene rings is 9. The fourth-order valence-electron chi connectivity index (χ4n) is 8.67. The number of hydrogen-bond donors (Lipinski definition) is 1. The van der Waals surface area contributed by atoms with Gasteiger partial charge in [0.2, 0.25) is 0 Å². The number of imidazole rings is 1. The summed E-state index contributed by atoms with van der Waals surface area (Å²) in [6, 6.07) is 68.2. The smallest absolute Gasteiger partial charge is 0.146 e. The molecule has 9 aromatic carbocycles. The Hall–Kier alpha value is -7.23. The molecule has 1 N–H and O–H groups in total. The standard InChI is InChI=1S/C52H35N3/c1-3-15-34(16-4-1)43-27-28-53-52-50(43)54-51(55(52)40-19-5-2-6-20-40)39-30-37(48-32-35-17-7-9-21-41(35)44-23-11-13-25-46(44)48)29-38(31-39)49-33-36-18-8-10-22-42(36)45-24-12-14-26-47(45)49/h1-27,29-33,53H,28H2. The number of para-hydroxylation sites is 1. The van der Waals surface area contributed by atoms with E-state index in [4.69, 9.17) is 4.98 Å². The van der Waals surface area contributed by atoms with Gasteiger partial charge in [-0.15, -0.1) is 0 Å². The summed E-state index contributed by atoms with van der Waals surface area (Å²) >= 11 is 0. The lowest BCUT2D eigenvalue weighted by atomic mass is 9.88. The zero-order chi connectivity index (χ0) is 36.3. The first-order chi connectivity index (χ1) is 27.3. The maximum Gasteiger partial charge on any atom is 0.146 e. The third kappa shape index (κ3) is 5.16. The average Bonchev–Trinajstić information content (AvgIpc) is 3.66. The summed E-state index contributed by atoms with van der Waals surface area (Å²) in [6.45, 7) is 0.715. The molecule has 55 heavy (non-hydrogen) atoms. The number of rotatable bonds is 5. The van der Waals surface area contributed by atoms with Crippen molar-refractivity contribution in [3.8, 4) is 39.3 Å². The summed E-state index contributed by atoms with van der Waals surface area (Å²) in [5, 5.41) is 13.7. The molecule has 0 bridgehead atoms. The number of nitrogens with one attached hydrogen (secondary N) is 1. The lowest BCUT2D eigenvalue weighted by molar-refractivity contribution is 1.05. The minimum atomic E-state index is 0.715. The summed E-state index contributed by atoms with van der Waals surface area (Å²) < 4.78 is 2.31. The van der Waals surface area contributed by atoms with E-state index >= 15 is 0 Å².